The molecule has 0 heterocycles. The van der Waals surface area contributed by atoms with Gasteiger partial charge in [-0.25, -0.2) is 13.2 Å². The highest BCUT2D eigenvalue weighted by Crippen LogP contribution is 2.27. The van der Waals surface area contributed by atoms with Crippen LogP contribution < -0.4 is 4.31 Å². The normalized spacial score (nSPS) is 11.2. The van der Waals surface area contributed by atoms with E-state index >= 15 is 0 Å². The second-order valence-corrected chi connectivity index (χ2v) is 7.57. The Labute approximate surface area is 149 Å². The summed E-state index contributed by atoms with van der Waals surface area (Å²) in [5, 5.41) is 0. The first-order chi connectivity index (χ1) is 11.8. The number of ether oxygens (including phenoxy) is 1. The van der Waals surface area contributed by atoms with Gasteiger partial charge < -0.3 is 4.74 Å². The van der Waals surface area contributed by atoms with Crippen molar-refractivity contribution in [3.63, 3.8) is 0 Å². The Morgan fingerprint density at radius 1 is 1.04 bits per heavy atom. The zero-order valence-electron chi connectivity index (χ0n) is 14.9. The van der Waals surface area contributed by atoms with Gasteiger partial charge in [0.2, 0.25) is 0 Å². The lowest BCUT2D eigenvalue weighted by Gasteiger charge is -2.25. The van der Waals surface area contributed by atoms with Gasteiger partial charge in [0.25, 0.3) is 10.0 Å². The molecule has 0 atom stereocenters. The average Bonchev–Trinajstić information content (AvgIpc) is 2.57. The van der Waals surface area contributed by atoms with Crippen LogP contribution in [-0.2, 0) is 14.8 Å². The molecule has 0 spiro atoms. The fourth-order valence-corrected chi connectivity index (χ4v) is 4.12. The number of carbonyl (C=O) groups is 1. The number of rotatable bonds is 6. The molecule has 5 nitrogen and oxygen atoms in total. The minimum atomic E-state index is -3.67. The number of aryl methyl sites for hydroxylation is 2. The predicted molar refractivity (Wildman–Crippen MR) is 98.5 cm³/mol. The summed E-state index contributed by atoms with van der Waals surface area (Å²) in [6.45, 7) is 7.80. The Hall–Kier alpha value is -2.34. The van der Waals surface area contributed by atoms with Crippen molar-refractivity contribution in [2.75, 3.05) is 17.5 Å². The zero-order chi connectivity index (χ0) is 18.6. The first-order valence-corrected chi connectivity index (χ1v) is 9.62. The standard InChI is InChI=1S/C19H23NO4S/c1-5-20(25(22,23)17-10-7-14(3)8-11-17)18-12-9-16(13-15(18)4)19(21)24-6-2/h7-13H,5-6H2,1-4H3. The number of benzene rings is 2. The molecule has 6 heteroatoms. The molecule has 0 aromatic heterocycles. The van der Waals surface area contributed by atoms with Crippen molar-refractivity contribution in [2.24, 2.45) is 0 Å². The van der Waals surface area contributed by atoms with Gasteiger partial charge in [-0.15, -0.1) is 0 Å². The highest BCUT2D eigenvalue weighted by Gasteiger charge is 2.25. The maximum Gasteiger partial charge on any atom is 0.338 e. The van der Waals surface area contributed by atoms with E-state index < -0.39 is 16.0 Å². The third-order valence-corrected chi connectivity index (χ3v) is 5.78. The Bertz CT molecular complexity index is 857. The molecule has 134 valence electrons. The number of anilines is 1. The van der Waals surface area contributed by atoms with E-state index in [1.54, 1.807) is 63.2 Å². The van der Waals surface area contributed by atoms with Gasteiger partial charge in [-0.2, -0.15) is 0 Å². The van der Waals surface area contributed by atoms with E-state index in [1.807, 2.05) is 6.92 Å². The fraction of sp³-hybridized carbons (Fsp3) is 0.316. The van der Waals surface area contributed by atoms with Gasteiger partial charge in [-0.1, -0.05) is 17.7 Å². The number of nitrogens with zero attached hydrogens (tertiary/aromatic N) is 1. The third-order valence-electron chi connectivity index (χ3n) is 3.87. The summed E-state index contributed by atoms with van der Waals surface area (Å²) in [4.78, 5) is 12.1. The molecule has 0 aliphatic heterocycles. The number of carbonyl (C=O) groups excluding carboxylic acids is 1. The summed E-state index contributed by atoms with van der Waals surface area (Å²) in [5.41, 5.74) is 2.66. The molecule has 0 unspecified atom stereocenters. The van der Waals surface area contributed by atoms with Crippen molar-refractivity contribution >= 4 is 21.7 Å². The van der Waals surface area contributed by atoms with Crippen LogP contribution in [0.4, 0.5) is 5.69 Å². The monoisotopic (exact) mass is 361 g/mol. The molecule has 2 aromatic carbocycles. The quantitative estimate of drug-likeness (QED) is 0.736. The van der Waals surface area contributed by atoms with Crippen LogP contribution in [0.25, 0.3) is 0 Å². The van der Waals surface area contributed by atoms with Crippen molar-refractivity contribution in [1.82, 2.24) is 0 Å². The Kier molecular flexibility index (Phi) is 5.85. The van der Waals surface area contributed by atoms with Crippen LogP contribution in [0.3, 0.4) is 0 Å². The largest absolute Gasteiger partial charge is 0.462 e. The topological polar surface area (TPSA) is 63.7 Å². The van der Waals surface area contributed by atoms with Crippen LogP contribution in [-0.4, -0.2) is 27.5 Å². The summed E-state index contributed by atoms with van der Waals surface area (Å²) >= 11 is 0. The summed E-state index contributed by atoms with van der Waals surface area (Å²) in [5.74, 6) is -0.415. The molecule has 25 heavy (non-hydrogen) atoms. The van der Waals surface area contributed by atoms with Crippen LogP contribution in [0.5, 0.6) is 0 Å². The Morgan fingerprint density at radius 3 is 2.20 bits per heavy atom. The minimum Gasteiger partial charge on any atom is -0.462 e. The van der Waals surface area contributed by atoms with E-state index in [0.29, 0.717) is 23.4 Å². The van der Waals surface area contributed by atoms with Crippen LogP contribution in [0.1, 0.15) is 35.3 Å². The molecule has 0 bridgehead atoms. The molecule has 0 N–H and O–H groups in total. The lowest BCUT2D eigenvalue weighted by Crippen LogP contribution is -2.31. The van der Waals surface area contributed by atoms with E-state index in [0.717, 1.165) is 5.56 Å². The summed E-state index contributed by atoms with van der Waals surface area (Å²) in [6.07, 6.45) is 0. The Balaban J connectivity index is 2.43. The van der Waals surface area contributed by atoms with E-state index in [-0.39, 0.29) is 11.4 Å². The number of esters is 1. The SMILES string of the molecule is CCOC(=O)c1ccc(N(CC)S(=O)(=O)c2ccc(C)cc2)c(C)c1. The van der Waals surface area contributed by atoms with Gasteiger partial charge >= 0.3 is 5.97 Å². The smallest absolute Gasteiger partial charge is 0.338 e. The lowest BCUT2D eigenvalue weighted by atomic mass is 10.1. The van der Waals surface area contributed by atoms with Crippen molar-refractivity contribution in [3.8, 4) is 0 Å². The van der Waals surface area contributed by atoms with E-state index in [1.165, 1.54) is 4.31 Å². The van der Waals surface area contributed by atoms with Gasteiger partial charge in [0.1, 0.15) is 0 Å². The van der Waals surface area contributed by atoms with Crippen molar-refractivity contribution in [2.45, 2.75) is 32.6 Å². The molecule has 2 rings (SSSR count). The van der Waals surface area contributed by atoms with Crippen LogP contribution in [0.2, 0.25) is 0 Å². The second-order valence-electron chi connectivity index (χ2n) is 5.70. The molecule has 0 aliphatic carbocycles. The zero-order valence-corrected chi connectivity index (χ0v) is 15.8. The lowest BCUT2D eigenvalue weighted by molar-refractivity contribution is 0.0526. The molecule has 0 fully saturated rings. The van der Waals surface area contributed by atoms with Crippen molar-refractivity contribution in [3.05, 3.63) is 59.2 Å². The van der Waals surface area contributed by atoms with Crippen LogP contribution in [0, 0.1) is 13.8 Å². The van der Waals surface area contributed by atoms with Crippen LogP contribution in [0.15, 0.2) is 47.4 Å². The fourth-order valence-electron chi connectivity index (χ4n) is 2.58. The van der Waals surface area contributed by atoms with Crippen molar-refractivity contribution < 1.29 is 17.9 Å². The van der Waals surface area contributed by atoms with E-state index in [2.05, 4.69) is 0 Å². The first-order valence-electron chi connectivity index (χ1n) is 8.18. The molecule has 0 aliphatic rings. The van der Waals surface area contributed by atoms with Gasteiger partial charge in [0, 0.05) is 6.54 Å². The summed E-state index contributed by atoms with van der Waals surface area (Å²) < 4.78 is 32.3. The number of sulfonamides is 1. The minimum absolute atomic E-state index is 0.244. The maximum atomic E-state index is 13.0. The predicted octanol–water partition coefficient (Wildman–Crippen LogP) is 3.70. The average molecular weight is 361 g/mol. The Morgan fingerprint density at radius 2 is 1.68 bits per heavy atom. The van der Waals surface area contributed by atoms with Gasteiger partial charge in [-0.3, -0.25) is 4.31 Å². The molecular formula is C19H23NO4S. The second kappa shape index (κ2) is 7.70. The molecule has 2 aromatic rings. The van der Waals surface area contributed by atoms with Gasteiger partial charge in [0.15, 0.2) is 0 Å². The van der Waals surface area contributed by atoms with Crippen LogP contribution >= 0.6 is 0 Å². The maximum absolute atomic E-state index is 13.0. The number of hydrogen-bond donors (Lipinski definition) is 0. The summed E-state index contributed by atoms with van der Waals surface area (Å²) in [7, 11) is -3.67. The highest BCUT2D eigenvalue weighted by molar-refractivity contribution is 7.92. The third kappa shape index (κ3) is 4.02. The molecule has 0 saturated carbocycles. The molecule has 0 radical (unpaired) electrons. The van der Waals surface area contributed by atoms with Gasteiger partial charge in [-0.05, 0) is 63.6 Å². The highest BCUT2D eigenvalue weighted by atomic mass is 32.2. The summed E-state index contributed by atoms with van der Waals surface area (Å²) in [6, 6.07) is 11.7. The number of hydrogen-bond acceptors (Lipinski definition) is 4. The van der Waals surface area contributed by atoms with Crippen molar-refractivity contribution in [1.29, 1.82) is 0 Å². The first kappa shape index (κ1) is 19.0. The van der Waals surface area contributed by atoms with E-state index in [4.69, 9.17) is 4.74 Å². The molecule has 0 amide bonds. The van der Waals surface area contributed by atoms with Gasteiger partial charge in [0.05, 0.1) is 22.8 Å². The molecule has 0 saturated heterocycles. The molecular weight excluding hydrogens is 338 g/mol. The van der Waals surface area contributed by atoms with E-state index in [9.17, 15) is 13.2 Å².